The molecule has 0 unspecified atom stereocenters. The van der Waals surface area contributed by atoms with Gasteiger partial charge < -0.3 is 10.2 Å². The Hall–Kier alpha value is -2.21. The summed E-state index contributed by atoms with van der Waals surface area (Å²) < 4.78 is 1.84. The molecule has 3 heterocycles. The summed E-state index contributed by atoms with van der Waals surface area (Å²) in [4.78, 5) is 18.3. The van der Waals surface area contributed by atoms with Gasteiger partial charge in [0.25, 0.3) is 5.91 Å². The molecule has 1 N–H and O–H groups in total. The third-order valence-corrected chi connectivity index (χ3v) is 4.52. The zero-order valence-corrected chi connectivity index (χ0v) is 14.2. The lowest BCUT2D eigenvalue weighted by atomic mass is 10.0. The molecule has 2 aromatic heterocycles. The smallest absolute Gasteiger partial charge is 0.255 e. The molecule has 1 aliphatic rings. The third kappa shape index (κ3) is 4.41. The lowest BCUT2D eigenvalue weighted by Gasteiger charge is -2.32. The number of amides is 1. The highest BCUT2D eigenvalue weighted by Crippen LogP contribution is 2.13. The van der Waals surface area contributed by atoms with Crippen LogP contribution in [0.2, 0.25) is 0 Å². The molecular weight excluding hydrogens is 302 g/mol. The summed E-state index contributed by atoms with van der Waals surface area (Å²) in [6, 6.07) is 4.15. The average molecular weight is 327 g/mol. The van der Waals surface area contributed by atoms with Crippen LogP contribution in [0.15, 0.2) is 36.9 Å². The number of rotatable bonds is 6. The number of carbonyl (C=O) groups is 1. The Morgan fingerprint density at radius 2 is 2.17 bits per heavy atom. The van der Waals surface area contributed by atoms with E-state index in [0.717, 1.165) is 45.3 Å². The topological polar surface area (TPSA) is 63.1 Å². The van der Waals surface area contributed by atoms with E-state index in [1.807, 2.05) is 35.0 Å². The van der Waals surface area contributed by atoms with E-state index in [0.29, 0.717) is 11.6 Å². The van der Waals surface area contributed by atoms with Crippen molar-refractivity contribution in [3.63, 3.8) is 0 Å². The van der Waals surface area contributed by atoms with E-state index in [4.69, 9.17) is 0 Å². The van der Waals surface area contributed by atoms with Crippen molar-refractivity contribution in [3.8, 4) is 0 Å². The van der Waals surface area contributed by atoms with Crippen LogP contribution in [0.3, 0.4) is 0 Å². The standard InChI is InChI=1S/C18H25N5O/c1-22-14-15(12-21-22)4-2-9-20-17-6-10-23(11-7-17)18(24)16-5-3-8-19-13-16/h3,5,8,12-14,17,20H,2,4,6-7,9-11H2,1H3. The van der Waals surface area contributed by atoms with E-state index >= 15 is 0 Å². The third-order valence-electron chi connectivity index (χ3n) is 4.52. The number of aryl methyl sites for hydroxylation is 2. The van der Waals surface area contributed by atoms with Crippen molar-refractivity contribution < 1.29 is 4.79 Å². The summed E-state index contributed by atoms with van der Waals surface area (Å²) in [5.74, 6) is 0.0955. The van der Waals surface area contributed by atoms with Crippen molar-refractivity contribution in [1.29, 1.82) is 0 Å². The lowest BCUT2D eigenvalue weighted by molar-refractivity contribution is 0.0705. The van der Waals surface area contributed by atoms with Gasteiger partial charge in [0.2, 0.25) is 0 Å². The van der Waals surface area contributed by atoms with Crippen LogP contribution in [0.5, 0.6) is 0 Å². The summed E-state index contributed by atoms with van der Waals surface area (Å²) in [5.41, 5.74) is 1.97. The van der Waals surface area contributed by atoms with Gasteiger partial charge in [-0.2, -0.15) is 5.10 Å². The first-order valence-corrected chi connectivity index (χ1v) is 8.62. The molecule has 128 valence electrons. The van der Waals surface area contributed by atoms with Gasteiger partial charge in [-0.05, 0) is 49.9 Å². The molecule has 0 bridgehead atoms. The van der Waals surface area contributed by atoms with Gasteiger partial charge in [0.15, 0.2) is 0 Å². The number of hydrogen-bond donors (Lipinski definition) is 1. The lowest BCUT2D eigenvalue weighted by Crippen LogP contribution is -2.45. The highest BCUT2D eigenvalue weighted by molar-refractivity contribution is 5.93. The Bertz CT molecular complexity index is 646. The SMILES string of the molecule is Cn1cc(CCCNC2CCN(C(=O)c3cccnc3)CC2)cn1. The molecule has 0 atom stereocenters. The number of aromatic nitrogens is 3. The van der Waals surface area contributed by atoms with Crippen LogP contribution in [0.4, 0.5) is 0 Å². The molecule has 2 aromatic rings. The Balaban J connectivity index is 1.35. The molecule has 1 fully saturated rings. The predicted molar refractivity (Wildman–Crippen MR) is 92.7 cm³/mol. The van der Waals surface area contributed by atoms with Crippen molar-refractivity contribution >= 4 is 5.91 Å². The molecule has 1 aliphatic heterocycles. The number of pyridine rings is 1. The van der Waals surface area contributed by atoms with Crippen LogP contribution in [0.1, 0.15) is 35.2 Å². The van der Waals surface area contributed by atoms with Crippen molar-refractivity contribution in [3.05, 3.63) is 48.0 Å². The van der Waals surface area contributed by atoms with E-state index in [1.54, 1.807) is 12.4 Å². The van der Waals surface area contributed by atoms with Crippen molar-refractivity contribution in [2.75, 3.05) is 19.6 Å². The molecule has 24 heavy (non-hydrogen) atoms. The molecule has 0 radical (unpaired) electrons. The van der Waals surface area contributed by atoms with Gasteiger partial charge in [-0.25, -0.2) is 0 Å². The van der Waals surface area contributed by atoms with E-state index < -0.39 is 0 Å². The highest BCUT2D eigenvalue weighted by atomic mass is 16.2. The van der Waals surface area contributed by atoms with E-state index in [2.05, 4.69) is 21.6 Å². The number of likely N-dealkylation sites (tertiary alicyclic amines) is 1. The van der Waals surface area contributed by atoms with Gasteiger partial charge in [0.05, 0.1) is 11.8 Å². The number of carbonyl (C=O) groups excluding carboxylic acids is 1. The van der Waals surface area contributed by atoms with Crippen molar-refractivity contribution in [2.45, 2.75) is 31.7 Å². The summed E-state index contributed by atoms with van der Waals surface area (Å²) in [6.45, 7) is 2.64. The maximum atomic E-state index is 12.4. The summed E-state index contributed by atoms with van der Waals surface area (Å²) >= 11 is 0. The van der Waals surface area contributed by atoms with Crippen LogP contribution in [0.25, 0.3) is 0 Å². The van der Waals surface area contributed by atoms with Crippen LogP contribution in [0, 0.1) is 0 Å². The zero-order chi connectivity index (χ0) is 16.8. The minimum absolute atomic E-state index is 0.0955. The molecule has 3 rings (SSSR count). The monoisotopic (exact) mass is 327 g/mol. The molecule has 1 saturated heterocycles. The fourth-order valence-corrected chi connectivity index (χ4v) is 3.16. The molecule has 0 saturated carbocycles. The highest BCUT2D eigenvalue weighted by Gasteiger charge is 2.23. The van der Waals surface area contributed by atoms with Crippen LogP contribution >= 0.6 is 0 Å². The molecular formula is C18H25N5O. The number of nitrogens with one attached hydrogen (secondary N) is 1. The molecule has 1 amide bonds. The molecule has 0 aliphatic carbocycles. The fraction of sp³-hybridized carbons (Fsp3) is 0.500. The minimum Gasteiger partial charge on any atom is -0.338 e. The summed E-state index contributed by atoms with van der Waals surface area (Å²) in [6.07, 6.45) is 11.5. The van der Waals surface area contributed by atoms with Gasteiger partial charge in [0, 0.05) is 44.8 Å². The van der Waals surface area contributed by atoms with Crippen molar-refractivity contribution in [1.82, 2.24) is 25.0 Å². The summed E-state index contributed by atoms with van der Waals surface area (Å²) in [5, 5.41) is 7.81. The van der Waals surface area contributed by atoms with Crippen LogP contribution < -0.4 is 5.32 Å². The second-order valence-electron chi connectivity index (χ2n) is 6.39. The Morgan fingerprint density at radius 3 is 2.83 bits per heavy atom. The largest absolute Gasteiger partial charge is 0.338 e. The fourth-order valence-electron chi connectivity index (χ4n) is 3.16. The number of piperidine rings is 1. The zero-order valence-electron chi connectivity index (χ0n) is 14.2. The normalized spacial score (nSPS) is 15.6. The van der Waals surface area contributed by atoms with Gasteiger partial charge in [0.1, 0.15) is 0 Å². The van der Waals surface area contributed by atoms with Gasteiger partial charge in [-0.1, -0.05) is 0 Å². The quantitative estimate of drug-likeness (QED) is 0.820. The second-order valence-corrected chi connectivity index (χ2v) is 6.39. The van der Waals surface area contributed by atoms with E-state index in [1.165, 1.54) is 5.56 Å². The van der Waals surface area contributed by atoms with Gasteiger partial charge in [-0.3, -0.25) is 14.5 Å². The molecule has 6 nitrogen and oxygen atoms in total. The van der Waals surface area contributed by atoms with Gasteiger partial charge in [-0.15, -0.1) is 0 Å². The van der Waals surface area contributed by atoms with Crippen molar-refractivity contribution in [2.24, 2.45) is 7.05 Å². The first kappa shape index (κ1) is 16.6. The Morgan fingerprint density at radius 1 is 1.33 bits per heavy atom. The number of hydrogen-bond acceptors (Lipinski definition) is 4. The predicted octanol–water partition coefficient (Wildman–Crippen LogP) is 1.64. The van der Waals surface area contributed by atoms with Gasteiger partial charge >= 0.3 is 0 Å². The number of nitrogens with zero attached hydrogens (tertiary/aromatic N) is 4. The molecule has 6 heteroatoms. The Kier molecular flexibility index (Phi) is 5.59. The van der Waals surface area contributed by atoms with E-state index in [-0.39, 0.29) is 5.91 Å². The molecule has 0 spiro atoms. The second kappa shape index (κ2) is 8.06. The maximum Gasteiger partial charge on any atom is 0.255 e. The molecule has 0 aromatic carbocycles. The van der Waals surface area contributed by atoms with Crippen LogP contribution in [-0.2, 0) is 13.5 Å². The van der Waals surface area contributed by atoms with E-state index in [9.17, 15) is 4.79 Å². The minimum atomic E-state index is 0.0955. The summed E-state index contributed by atoms with van der Waals surface area (Å²) in [7, 11) is 1.95. The average Bonchev–Trinajstić information content (AvgIpc) is 3.05. The first-order valence-electron chi connectivity index (χ1n) is 8.62. The maximum absolute atomic E-state index is 12.4. The van der Waals surface area contributed by atoms with Crippen LogP contribution in [-0.4, -0.2) is 51.2 Å². The first-order chi connectivity index (χ1) is 11.7. The Labute approximate surface area is 142 Å².